The van der Waals surface area contributed by atoms with Gasteiger partial charge in [0.05, 0.1) is 27.6 Å². The van der Waals surface area contributed by atoms with E-state index < -0.39 is 12.1 Å². The number of aliphatic hydroxyl groups is 1. The van der Waals surface area contributed by atoms with Crippen LogP contribution in [0.2, 0.25) is 0 Å². The standard InChI is InChI=1S/C22H42N2O5/c1-20(2)14-21(3,4)16-22(5,15-20)23-18(25)9-10-19(26)29-17(11-12-28-27)13-24(6,7)8/h12,17,28H,9-11,13-16H2,1-8H3,(H,23,25)/t17-/m1/s1. The highest BCUT2D eigenvalue weighted by Crippen LogP contribution is 2.49. The largest absolute Gasteiger partial charge is 0.588 e. The summed E-state index contributed by atoms with van der Waals surface area (Å²) < 4.78 is 6.09. The second-order valence-corrected chi connectivity index (χ2v) is 11.6. The summed E-state index contributed by atoms with van der Waals surface area (Å²) in [4.78, 5) is 27.5. The fraction of sp³-hybridized carbons (Fsp3) is 0.864. The minimum Gasteiger partial charge on any atom is -0.588 e. The Bertz CT molecular complexity index is 550. The van der Waals surface area contributed by atoms with Gasteiger partial charge >= 0.3 is 5.97 Å². The highest BCUT2D eigenvalue weighted by Gasteiger charge is 2.45. The molecule has 0 aromatic heterocycles. The minimum absolute atomic E-state index is 0.0247. The smallest absolute Gasteiger partial charge is 0.306 e. The maximum absolute atomic E-state index is 12.5. The third kappa shape index (κ3) is 10.4. The topological polar surface area (TPSA) is 91.3 Å². The first-order valence-corrected chi connectivity index (χ1v) is 10.5. The Hall–Kier alpha value is -1.18. The van der Waals surface area contributed by atoms with Crippen molar-refractivity contribution in [2.24, 2.45) is 10.8 Å². The van der Waals surface area contributed by atoms with Crippen LogP contribution in [0.5, 0.6) is 0 Å². The fourth-order valence-corrected chi connectivity index (χ4v) is 5.47. The first-order valence-electron chi connectivity index (χ1n) is 10.5. The summed E-state index contributed by atoms with van der Waals surface area (Å²) >= 11 is 0. The van der Waals surface area contributed by atoms with Crippen molar-refractivity contribution >= 4 is 11.9 Å². The highest BCUT2D eigenvalue weighted by molar-refractivity contribution is 5.81. The van der Waals surface area contributed by atoms with Crippen molar-refractivity contribution in [1.29, 1.82) is 0 Å². The molecule has 0 saturated heterocycles. The number of nitrogens with one attached hydrogen (secondary N) is 1. The number of hydrogen-bond donors (Lipinski definition) is 1. The van der Waals surface area contributed by atoms with Crippen LogP contribution in [-0.4, -0.2) is 60.6 Å². The second-order valence-electron chi connectivity index (χ2n) is 11.6. The van der Waals surface area contributed by atoms with Crippen LogP contribution in [0.4, 0.5) is 0 Å². The summed E-state index contributed by atoms with van der Waals surface area (Å²) in [5.41, 5.74) is 0.0393. The van der Waals surface area contributed by atoms with Crippen molar-refractivity contribution in [1.82, 2.24) is 5.32 Å². The Kier molecular flexibility index (Phi) is 8.69. The monoisotopic (exact) mass is 414 g/mol. The summed E-state index contributed by atoms with van der Waals surface area (Å²) in [5, 5.41) is 13.6. The Morgan fingerprint density at radius 1 is 1.07 bits per heavy atom. The van der Waals surface area contributed by atoms with Crippen molar-refractivity contribution in [2.45, 2.75) is 84.8 Å². The van der Waals surface area contributed by atoms with Gasteiger partial charge in [-0.05, 0) is 43.6 Å². The van der Waals surface area contributed by atoms with Gasteiger partial charge in [0.1, 0.15) is 12.6 Å². The molecule has 1 saturated carbocycles. The quantitative estimate of drug-likeness (QED) is 0.148. The second kappa shape index (κ2) is 9.75. The van der Waals surface area contributed by atoms with Crippen LogP contribution in [0, 0.1) is 17.4 Å². The number of rotatable bonds is 10. The normalized spacial score (nSPS) is 21.3. The number of ether oxygens (including phenoxy) is 1. The van der Waals surface area contributed by atoms with Crippen LogP contribution in [0.15, 0.2) is 0 Å². The molecule has 1 aliphatic carbocycles. The molecular weight excluding hydrogens is 372 g/mol. The van der Waals surface area contributed by atoms with Crippen LogP contribution >= 0.6 is 0 Å². The molecule has 0 aromatic carbocycles. The van der Waals surface area contributed by atoms with E-state index in [1.165, 1.54) is 6.61 Å². The Labute approximate surface area is 176 Å². The lowest BCUT2D eigenvalue weighted by Crippen LogP contribution is -2.54. The lowest BCUT2D eigenvalue weighted by molar-refractivity contribution is -0.873. The first kappa shape index (κ1) is 25.9. The zero-order valence-corrected chi connectivity index (χ0v) is 19.6. The van der Waals surface area contributed by atoms with Gasteiger partial charge in [0.2, 0.25) is 5.91 Å². The van der Waals surface area contributed by atoms with Gasteiger partial charge in [-0.3, -0.25) is 9.59 Å². The molecule has 1 rings (SSSR count). The van der Waals surface area contributed by atoms with Crippen LogP contribution in [0.25, 0.3) is 0 Å². The van der Waals surface area contributed by atoms with Crippen molar-refractivity contribution in [2.75, 3.05) is 27.7 Å². The highest BCUT2D eigenvalue weighted by atomic mass is 17.1. The van der Waals surface area contributed by atoms with Gasteiger partial charge in [0.15, 0.2) is 0 Å². The number of quaternary nitrogens is 1. The van der Waals surface area contributed by atoms with E-state index in [1.807, 2.05) is 21.1 Å². The Morgan fingerprint density at radius 3 is 2.10 bits per heavy atom. The summed E-state index contributed by atoms with van der Waals surface area (Å²) in [6.45, 7) is 12.9. The summed E-state index contributed by atoms with van der Waals surface area (Å²) in [7, 11) is 5.95. The molecule has 0 aromatic rings. The molecule has 0 aliphatic heterocycles. The number of carbonyl (C=O) groups is 2. The maximum Gasteiger partial charge on any atom is 0.306 e. The van der Waals surface area contributed by atoms with Crippen molar-refractivity contribution in [3.63, 3.8) is 0 Å². The average molecular weight is 415 g/mol. The van der Waals surface area contributed by atoms with E-state index in [4.69, 9.17) is 4.74 Å². The third-order valence-electron chi connectivity index (χ3n) is 5.18. The number of esters is 1. The number of carbonyl (C=O) groups excluding carboxylic acids is 2. The molecule has 7 nitrogen and oxygen atoms in total. The molecule has 2 N–H and O–H groups in total. The molecule has 0 spiro atoms. The van der Waals surface area contributed by atoms with Gasteiger partial charge in [0, 0.05) is 12.0 Å². The van der Waals surface area contributed by atoms with E-state index in [1.54, 1.807) is 0 Å². The maximum atomic E-state index is 12.5. The summed E-state index contributed by atoms with van der Waals surface area (Å²) in [6.07, 6.45) is 2.93. The predicted molar refractivity (Wildman–Crippen MR) is 112 cm³/mol. The molecule has 170 valence electrons. The number of amides is 1. The lowest BCUT2D eigenvalue weighted by Gasteiger charge is -2.51. The molecule has 0 bridgehead atoms. The van der Waals surface area contributed by atoms with E-state index in [0.717, 1.165) is 19.3 Å². The molecule has 29 heavy (non-hydrogen) atoms. The molecule has 7 heteroatoms. The van der Waals surface area contributed by atoms with Crippen LogP contribution < -0.4 is 10.6 Å². The first-order chi connectivity index (χ1) is 13.0. The van der Waals surface area contributed by atoms with Crippen LogP contribution in [-0.2, 0) is 14.3 Å². The molecule has 1 atom stereocenters. The molecule has 0 heterocycles. The molecule has 1 fully saturated rings. The van der Waals surface area contributed by atoms with Gasteiger partial charge in [-0.15, -0.1) is 0 Å². The summed E-state index contributed by atoms with van der Waals surface area (Å²) in [6, 6.07) is 0. The SMILES string of the molecule is CC1(C)CC(C)(C)CC(C)(NC(=O)CCC(=O)O[C@H](C[CH-][OH+][O-])C[N+](C)(C)C)C1. The van der Waals surface area contributed by atoms with E-state index >= 15 is 0 Å². The molecule has 1 amide bonds. The predicted octanol–water partition coefficient (Wildman–Crippen LogP) is 2.42. The average Bonchev–Trinajstić information content (AvgIpc) is 2.44. The van der Waals surface area contributed by atoms with E-state index in [0.29, 0.717) is 11.0 Å². The molecule has 0 radical (unpaired) electrons. The van der Waals surface area contributed by atoms with Crippen molar-refractivity contribution < 1.29 is 29.0 Å². The lowest BCUT2D eigenvalue weighted by atomic mass is 9.59. The zero-order valence-electron chi connectivity index (χ0n) is 19.6. The van der Waals surface area contributed by atoms with Crippen LogP contribution in [0.3, 0.4) is 0 Å². The van der Waals surface area contributed by atoms with E-state index in [-0.39, 0.29) is 41.5 Å². The van der Waals surface area contributed by atoms with Crippen molar-refractivity contribution in [3.8, 4) is 0 Å². The minimum atomic E-state index is -0.430. The van der Waals surface area contributed by atoms with Crippen LogP contribution in [0.1, 0.15) is 73.1 Å². The Balaban J connectivity index is 2.56. The Morgan fingerprint density at radius 2 is 1.62 bits per heavy atom. The van der Waals surface area contributed by atoms with Crippen molar-refractivity contribution in [3.05, 3.63) is 6.61 Å². The van der Waals surface area contributed by atoms with E-state index in [2.05, 4.69) is 44.8 Å². The fourth-order valence-electron chi connectivity index (χ4n) is 5.47. The van der Waals surface area contributed by atoms with Gasteiger partial charge in [0.25, 0.3) is 0 Å². The zero-order chi connectivity index (χ0) is 22.5. The molecule has 1 aliphatic rings. The number of nitrogens with zero attached hydrogens (tertiary/aromatic N) is 1. The number of hydrogen-bond acceptors (Lipinski definition) is 4. The van der Waals surface area contributed by atoms with Gasteiger partial charge in [-0.2, -0.15) is 0 Å². The molecule has 0 unspecified atom stereocenters. The third-order valence-corrected chi connectivity index (χ3v) is 5.18. The van der Waals surface area contributed by atoms with Gasteiger partial charge in [-0.1, -0.05) is 34.1 Å². The summed E-state index contributed by atoms with van der Waals surface area (Å²) in [5.74, 6) is -0.547. The van der Waals surface area contributed by atoms with E-state index in [9.17, 15) is 14.8 Å². The van der Waals surface area contributed by atoms with Gasteiger partial charge in [-0.25, -0.2) is 0 Å². The molecular formula is C22H42N2O5. The van der Waals surface area contributed by atoms with Gasteiger partial charge < -0.3 is 24.7 Å². The number of likely N-dealkylation sites (N-methyl/N-ethyl adjacent to an activating group) is 1.